The Balaban J connectivity index is 2.14. The second-order valence-electron chi connectivity index (χ2n) is 4.30. The number of rotatable bonds is 4. The highest BCUT2D eigenvalue weighted by Crippen LogP contribution is 2.25. The first-order valence-corrected chi connectivity index (χ1v) is 6.72. The van der Waals surface area contributed by atoms with Crippen LogP contribution in [0.1, 0.15) is 0 Å². The lowest BCUT2D eigenvalue weighted by atomic mass is 10.3. The van der Waals surface area contributed by atoms with E-state index in [4.69, 9.17) is 23.2 Å². The fraction of sp³-hybridized carbons (Fsp3) is 0.0769. The van der Waals surface area contributed by atoms with Gasteiger partial charge in [0, 0.05) is 17.3 Å². The quantitative estimate of drug-likeness (QED) is 0.683. The number of halogens is 2. The maximum Gasteiger partial charge on any atom is 0.332 e. The average molecular weight is 342 g/mol. The molecule has 0 bridgehead atoms. The highest BCUT2D eigenvalue weighted by atomic mass is 35.5. The number of nitrogens with zero attached hydrogens (tertiary/aromatic N) is 2. The molecule has 22 heavy (non-hydrogen) atoms. The second kappa shape index (κ2) is 6.59. The zero-order valence-corrected chi connectivity index (χ0v) is 12.5. The van der Waals surface area contributed by atoms with Gasteiger partial charge in [0.05, 0.1) is 21.8 Å². The molecule has 2 aromatic rings. The van der Waals surface area contributed by atoms with E-state index in [2.05, 4.69) is 5.32 Å². The highest BCUT2D eigenvalue weighted by molar-refractivity contribution is 6.36. The number of nitro groups is 1. The summed E-state index contributed by atoms with van der Waals surface area (Å²) < 4.78 is 1.23. The van der Waals surface area contributed by atoms with Gasteiger partial charge in [-0.1, -0.05) is 23.2 Å². The smallest absolute Gasteiger partial charge is 0.332 e. The lowest BCUT2D eigenvalue weighted by Gasteiger charge is -2.09. The number of pyridine rings is 1. The van der Waals surface area contributed by atoms with Crippen LogP contribution in [0.15, 0.2) is 41.5 Å². The molecule has 0 fully saturated rings. The predicted octanol–water partition coefficient (Wildman–Crippen LogP) is 2.70. The van der Waals surface area contributed by atoms with E-state index in [0.29, 0.717) is 10.7 Å². The number of anilines is 1. The number of amides is 1. The van der Waals surface area contributed by atoms with E-state index in [9.17, 15) is 19.7 Å². The molecule has 9 heteroatoms. The van der Waals surface area contributed by atoms with Gasteiger partial charge < -0.3 is 9.88 Å². The van der Waals surface area contributed by atoms with Crippen molar-refractivity contribution in [1.82, 2.24) is 4.57 Å². The van der Waals surface area contributed by atoms with Crippen LogP contribution in [0.3, 0.4) is 0 Å². The third-order valence-corrected chi connectivity index (χ3v) is 3.23. The average Bonchev–Trinajstić information content (AvgIpc) is 2.44. The Labute approximate surface area is 134 Å². The van der Waals surface area contributed by atoms with E-state index >= 15 is 0 Å². The van der Waals surface area contributed by atoms with Crippen molar-refractivity contribution < 1.29 is 9.72 Å². The predicted molar refractivity (Wildman–Crippen MR) is 82.4 cm³/mol. The fourth-order valence-corrected chi connectivity index (χ4v) is 2.15. The van der Waals surface area contributed by atoms with E-state index in [1.54, 1.807) is 6.07 Å². The minimum Gasteiger partial charge on any atom is -0.339 e. The Morgan fingerprint density at radius 3 is 2.68 bits per heavy atom. The third-order valence-electron chi connectivity index (χ3n) is 2.69. The van der Waals surface area contributed by atoms with E-state index in [-0.39, 0.29) is 11.6 Å². The molecule has 7 nitrogen and oxygen atoms in total. The van der Waals surface area contributed by atoms with Crippen LogP contribution in [0.2, 0.25) is 10.0 Å². The summed E-state index contributed by atoms with van der Waals surface area (Å²) in [5, 5.41) is 13.9. The van der Waals surface area contributed by atoms with Crippen molar-refractivity contribution in [2.45, 2.75) is 6.54 Å². The largest absolute Gasteiger partial charge is 0.339 e. The summed E-state index contributed by atoms with van der Waals surface area (Å²) in [6.07, 6.45) is 2.30. The van der Waals surface area contributed by atoms with Gasteiger partial charge in [-0.2, -0.15) is 0 Å². The molecule has 0 aliphatic heterocycles. The molecular formula is C13H9Cl2N3O4. The van der Waals surface area contributed by atoms with Gasteiger partial charge in [0.15, 0.2) is 0 Å². The van der Waals surface area contributed by atoms with Gasteiger partial charge in [-0.05, 0) is 18.2 Å². The van der Waals surface area contributed by atoms with Crippen LogP contribution in [-0.2, 0) is 11.3 Å². The first-order valence-electron chi connectivity index (χ1n) is 5.96. The molecule has 1 heterocycles. The van der Waals surface area contributed by atoms with Crippen LogP contribution in [-0.4, -0.2) is 15.4 Å². The summed E-state index contributed by atoms with van der Waals surface area (Å²) in [5.74, 6) is -0.456. The lowest BCUT2D eigenvalue weighted by Crippen LogP contribution is -2.20. The number of hydrogen-bond donors (Lipinski definition) is 1. The van der Waals surface area contributed by atoms with E-state index in [0.717, 1.165) is 12.3 Å². The number of hydrogen-bond acceptors (Lipinski definition) is 4. The molecule has 0 saturated carbocycles. The Bertz CT molecular complexity index is 804. The number of nitrogens with one attached hydrogen (secondary N) is 1. The van der Waals surface area contributed by atoms with Crippen LogP contribution >= 0.6 is 23.2 Å². The number of aromatic nitrogens is 1. The first kappa shape index (κ1) is 16.0. The van der Waals surface area contributed by atoms with Crippen LogP contribution in [0, 0.1) is 10.1 Å². The van der Waals surface area contributed by atoms with Crippen molar-refractivity contribution in [2.24, 2.45) is 0 Å². The van der Waals surface area contributed by atoms with Crippen LogP contribution < -0.4 is 10.7 Å². The molecule has 2 rings (SSSR count). The second-order valence-corrected chi connectivity index (χ2v) is 5.14. The van der Waals surface area contributed by atoms with Gasteiger partial charge in [0.1, 0.15) is 6.54 Å². The van der Waals surface area contributed by atoms with Crippen molar-refractivity contribution >= 4 is 40.5 Å². The maximum absolute atomic E-state index is 11.9. The summed E-state index contributed by atoms with van der Waals surface area (Å²) >= 11 is 11.7. The molecule has 0 aliphatic rings. The van der Waals surface area contributed by atoms with Crippen molar-refractivity contribution in [3.8, 4) is 0 Å². The number of benzene rings is 1. The molecule has 114 valence electrons. The molecule has 0 aliphatic carbocycles. The van der Waals surface area contributed by atoms with Gasteiger partial charge >= 0.3 is 5.69 Å². The molecule has 0 spiro atoms. The molecule has 0 unspecified atom stereocenters. The van der Waals surface area contributed by atoms with Gasteiger partial charge in [0.25, 0.3) is 5.43 Å². The zero-order chi connectivity index (χ0) is 16.3. The van der Waals surface area contributed by atoms with Crippen LogP contribution in [0.4, 0.5) is 11.4 Å². The summed E-state index contributed by atoms with van der Waals surface area (Å²) in [6.45, 7) is -0.208. The normalized spacial score (nSPS) is 10.3. The highest BCUT2D eigenvalue weighted by Gasteiger charge is 2.13. The van der Waals surface area contributed by atoms with Crippen molar-refractivity contribution in [2.75, 3.05) is 5.32 Å². The van der Waals surface area contributed by atoms with E-state index < -0.39 is 21.9 Å². The Hall–Kier alpha value is -2.38. The topological polar surface area (TPSA) is 94.2 Å². The summed E-state index contributed by atoms with van der Waals surface area (Å²) in [5.41, 5.74) is -0.950. The molecule has 1 amide bonds. The molecule has 0 atom stereocenters. The van der Waals surface area contributed by atoms with Crippen LogP contribution in [0.25, 0.3) is 0 Å². The maximum atomic E-state index is 11.9. The Morgan fingerprint density at radius 2 is 2.05 bits per heavy atom. The molecule has 0 saturated heterocycles. The molecule has 1 aromatic heterocycles. The van der Waals surface area contributed by atoms with E-state index in [1.807, 2.05) is 0 Å². The Morgan fingerprint density at radius 1 is 1.32 bits per heavy atom. The van der Waals surface area contributed by atoms with Gasteiger partial charge in [-0.25, -0.2) is 0 Å². The van der Waals surface area contributed by atoms with Gasteiger partial charge in [0.2, 0.25) is 5.91 Å². The van der Waals surface area contributed by atoms with Gasteiger partial charge in [-0.3, -0.25) is 19.7 Å². The minimum absolute atomic E-state index is 0.208. The molecular weight excluding hydrogens is 333 g/mol. The first-order chi connectivity index (χ1) is 10.4. The minimum atomic E-state index is -0.799. The molecule has 1 aromatic carbocycles. The van der Waals surface area contributed by atoms with Crippen LogP contribution in [0.5, 0.6) is 0 Å². The number of carbonyl (C=O) groups is 1. The number of carbonyl (C=O) groups excluding carboxylic acids is 1. The lowest BCUT2D eigenvalue weighted by molar-refractivity contribution is -0.386. The zero-order valence-electron chi connectivity index (χ0n) is 11.0. The summed E-state index contributed by atoms with van der Waals surface area (Å²) in [7, 11) is 0. The summed E-state index contributed by atoms with van der Waals surface area (Å²) in [6, 6.07) is 5.60. The third kappa shape index (κ3) is 3.84. The monoisotopic (exact) mass is 341 g/mol. The molecule has 0 radical (unpaired) electrons. The molecule has 1 N–H and O–H groups in total. The van der Waals surface area contributed by atoms with Crippen molar-refractivity contribution in [3.05, 3.63) is 67.0 Å². The summed E-state index contributed by atoms with van der Waals surface area (Å²) in [4.78, 5) is 33.1. The van der Waals surface area contributed by atoms with Crippen molar-refractivity contribution in [1.29, 1.82) is 0 Å². The standard InChI is InChI=1S/C13H9Cl2N3O4/c14-8-1-2-10(9(15)5-8)16-13(20)7-17-4-3-12(19)11(6-17)18(21)22/h1-6H,7H2,(H,16,20). The SMILES string of the molecule is O=C(Cn1ccc(=O)c([N+](=O)[O-])c1)Nc1ccc(Cl)cc1Cl. The Kier molecular flexibility index (Phi) is 4.79. The van der Waals surface area contributed by atoms with Crippen molar-refractivity contribution in [3.63, 3.8) is 0 Å². The fourth-order valence-electron chi connectivity index (χ4n) is 1.69. The van der Waals surface area contributed by atoms with Gasteiger partial charge in [-0.15, -0.1) is 0 Å². The van der Waals surface area contributed by atoms with E-state index in [1.165, 1.54) is 22.9 Å².